The van der Waals surface area contributed by atoms with E-state index >= 15 is 0 Å². The van der Waals surface area contributed by atoms with E-state index in [1.165, 1.54) is 22.4 Å². The average Bonchev–Trinajstić information content (AvgIpc) is 2.52. The van der Waals surface area contributed by atoms with Crippen LogP contribution >= 0.6 is 22.9 Å². The SMILES string of the molecule is Clc1nc2c(s1)CCCc1ccccc1-2. The number of rotatable bonds is 0. The highest BCUT2D eigenvalue weighted by atomic mass is 35.5. The molecule has 0 bridgehead atoms. The maximum atomic E-state index is 5.98. The zero-order valence-corrected chi connectivity index (χ0v) is 9.74. The van der Waals surface area contributed by atoms with Crippen molar-refractivity contribution in [3.05, 3.63) is 39.2 Å². The quantitative estimate of drug-likeness (QED) is 0.674. The number of fused-ring (bicyclic) bond motifs is 3. The van der Waals surface area contributed by atoms with Gasteiger partial charge in [0.1, 0.15) is 0 Å². The van der Waals surface area contributed by atoms with E-state index in [1.54, 1.807) is 11.3 Å². The minimum Gasteiger partial charge on any atom is -0.225 e. The highest BCUT2D eigenvalue weighted by Gasteiger charge is 2.17. The first-order chi connectivity index (χ1) is 7.34. The van der Waals surface area contributed by atoms with Crippen molar-refractivity contribution in [1.29, 1.82) is 0 Å². The van der Waals surface area contributed by atoms with Gasteiger partial charge in [-0.2, -0.15) is 0 Å². The maximum Gasteiger partial charge on any atom is 0.184 e. The Kier molecular flexibility index (Phi) is 2.26. The Morgan fingerprint density at radius 1 is 1.20 bits per heavy atom. The van der Waals surface area contributed by atoms with Crippen molar-refractivity contribution in [3.63, 3.8) is 0 Å². The lowest BCUT2D eigenvalue weighted by Gasteiger charge is -2.03. The minimum atomic E-state index is 0.664. The molecule has 0 amide bonds. The molecular formula is C12H10ClNS. The Bertz CT molecular complexity index is 504. The van der Waals surface area contributed by atoms with Crippen LogP contribution in [0.5, 0.6) is 0 Å². The van der Waals surface area contributed by atoms with Crippen molar-refractivity contribution in [2.24, 2.45) is 0 Å². The van der Waals surface area contributed by atoms with Gasteiger partial charge in [-0.1, -0.05) is 35.9 Å². The second-order valence-corrected chi connectivity index (χ2v) is 5.42. The summed E-state index contributed by atoms with van der Waals surface area (Å²) < 4.78 is 0.664. The van der Waals surface area contributed by atoms with Gasteiger partial charge in [-0.25, -0.2) is 4.98 Å². The molecule has 0 fully saturated rings. The number of hydrogen-bond acceptors (Lipinski definition) is 2. The van der Waals surface area contributed by atoms with E-state index in [2.05, 4.69) is 29.2 Å². The Morgan fingerprint density at radius 2 is 2.07 bits per heavy atom. The van der Waals surface area contributed by atoms with Gasteiger partial charge in [0.2, 0.25) is 0 Å². The molecule has 3 rings (SSSR count). The van der Waals surface area contributed by atoms with Crippen LogP contribution in [0, 0.1) is 0 Å². The monoisotopic (exact) mass is 235 g/mol. The first-order valence-corrected chi connectivity index (χ1v) is 6.27. The number of halogens is 1. The fourth-order valence-electron chi connectivity index (χ4n) is 2.11. The zero-order chi connectivity index (χ0) is 10.3. The van der Waals surface area contributed by atoms with Gasteiger partial charge in [0, 0.05) is 10.4 Å². The maximum absolute atomic E-state index is 5.98. The van der Waals surface area contributed by atoms with Crippen LogP contribution in [0.4, 0.5) is 0 Å². The van der Waals surface area contributed by atoms with E-state index in [-0.39, 0.29) is 0 Å². The van der Waals surface area contributed by atoms with Gasteiger partial charge in [0.05, 0.1) is 5.69 Å². The molecule has 1 aliphatic carbocycles. The molecule has 15 heavy (non-hydrogen) atoms. The first-order valence-electron chi connectivity index (χ1n) is 5.08. The molecule has 2 aromatic rings. The molecular weight excluding hydrogens is 226 g/mol. The summed E-state index contributed by atoms with van der Waals surface area (Å²) in [6, 6.07) is 8.51. The summed E-state index contributed by atoms with van der Waals surface area (Å²) in [6.45, 7) is 0. The fourth-order valence-corrected chi connectivity index (χ4v) is 3.31. The molecule has 0 saturated carbocycles. The van der Waals surface area contributed by atoms with E-state index in [0.717, 1.165) is 18.5 Å². The number of nitrogens with zero attached hydrogens (tertiary/aromatic N) is 1. The summed E-state index contributed by atoms with van der Waals surface area (Å²) in [4.78, 5) is 5.77. The van der Waals surface area contributed by atoms with E-state index in [4.69, 9.17) is 11.6 Å². The van der Waals surface area contributed by atoms with Gasteiger partial charge >= 0.3 is 0 Å². The van der Waals surface area contributed by atoms with Crippen molar-refractivity contribution >= 4 is 22.9 Å². The molecule has 1 heterocycles. The van der Waals surface area contributed by atoms with E-state index < -0.39 is 0 Å². The molecule has 0 atom stereocenters. The molecule has 1 aliphatic rings. The normalized spacial score (nSPS) is 14.2. The van der Waals surface area contributed by atoms with E-state index in [1.807, 2.05) is 0 Å². The Hall–Kier alpha value is -0.860. The summed E-state index contributed by atoms with van der Waals surface area (Å²) in [5, 5.41) is 0. The highest BCUT2D eigenvalue weighted by Crippen LogP contribution is 2.36. The summed E-state index contributed by atoms with van der Waals surface area (Å²) in [5.74, 6) is 0. The summed E-state index contributed by atoms with van der Waals surface area (Å²) in [5.41, 5.74) is 3.78. The Labute approximate surface area is 97.7 Å². The summed E-state index contributed by atoms with van der Waals surface area (Å²) in [7, 11) is 0. The number of aryl methyl sites for hydroxylation is 2. The first kappa shape index (κ1) is 9.37. The third-order valence-corrected chi connectivity index (χ3v) is 4.01. The van der Waals surface area contributed by atoms with Crippen LogP contribution in [0.3, 0.4) is 0 Å². The molecule has 0 saturated heterocycles. The predicted octanol–water partition coefficient (Wildman–Crippen LogP) is 3.95. The second kappa shape index (κ2) is 3.62. The smallest absolute Gasteiger partial charge is 0.184 e. The van der Waals surface area contributed by atoms with Gasteiger partial charge in [-0.15, -0.1) is 11.3 Å². The van der Waals surface area contributed by atoms with Crippen LogP contribution in [0.1, 0.15) is 16.9 Å². The molecule has 1 nitrogen and oxygen atoms in total. The number of aromatic nitrogens is 1. The van der Waals surface area contributed by atoms with Crippen molar-refractivity contribution < 1.29 is 0 Å². The third kappa shape index (κ3) is 1.58. The van der Waals surface area contributed by atoms with Crippen molar-refractivity contribution in [2.45, 2.75) is 19.3 Å². The van der Waals surface area contributed by atoms with Crippen LogP contribution < -0.4 is 0 Å². The topological polar surface area (TPSA) is 12.9 Å². The van der Waals surface area contributed by atoms with Crippen LogP contribution in [-0.2, 0) is 12.8 Å². The lowest BCUT2D eigenvalue weighted by Crippen LogP contribution is -1.86. The second-order valence-electron chi connectivity index (χ2n) is 3.75. The molecule has 3 heteroatoms. The third-order valence-electron chi connectivity index (χ3n) is 2.79. The molecule has 0 radical (unpaired) electrons. The lowest BCUT2D eigenvalue weighted by molar-refractivity contribution is 0.843. The summed E-state index contributed by atoms with van der Waals surface area (Å²) in [6.07, 6.45) is 3.45. The fraction of sp³-hybridized carbons (Fsp3) is 0.250. The van der Waals surface area contributed by atoms with Crippen LogP contribution in [0.25, 0.3) is 11.3 Å². The van der Waals surface area contributed by atoms with Crippen molar-refractivity contribution in [1.82, 2.24) is 4.98 Å². The molecule has 0 unspecified atom stereocenters. The predicted molar refractivity (Wildman–Crippen MR) is 64.6 cm³/mol. The standard InChI is InChI=1S/C12H10ClNS/c13-12-14-11-9-6-2-1-4-8(9)5-3-7-10(11)15-12/h1-2,4,6H,3,5,7H2. The van der Waals surface area contributed by atoms with Crippen molar-refractivity contribution in [2.75, 3.05) is 0 Å². The molecule has 0 spiro atoms. The van der Waals surface area contributed by atoms with E-state index in [9.17, 15) is 0 Å². The van der Waals surface area contributed by atoms with Gasteiger partial charge in [-0.05, 0) is 24.8 Å². The molecule has 1 aromatic heterocycles. The Balaban J connectivity index is 2.26. The Morgan fingerprint density at radius 3 is 3.00 bits per heavy atom. The van der Waals surface area contributed by atoms with Crippen molar-refractivity contribution in [3.8, 4) is 11.3 Å². The molecule has 0 N–H and O–H groups in total. The minimum absolute atomic E-state index is 0.664. The number of benzene rings is 1. The molecule has 76 valence electrons. The zero-order valence-electron chi connectivity index (χ0n) is 8.16. The number of hydrogen-bond donors (Lipinski definition) is 0. The summed E-state index contributed by atoms with van der Waals surface area (Å²) >= 11 is 7.60. The molecule has 1 aromatic carbocycles. The van der Waals surface area contributed by atoms with Crippen LogP contribution in [-0.4, -0.2) is 4.98 Å². The van der Waals surface area contributed by atoms with E-state index in [0.29, 0.717) is 4.47 Å². The van der Waals surface area contributed by atoms with Gasteiger partial charge in [0.15, 0.2) is 4.47 Å². The van der Waals surface area contributed by atoms with Crippen LogP contribution in [0.15, 0.2) is 24.3 Å². The molecule has 0 aliphatic heterocycles. The van der Waals surface area contributed by atoms with Gasteiger partial charge in [-0.3, -0.25) is 0 Å². The highest BCUT2D eigenvalue weighted by molar-refractivity contribution is 7.16. The van der Waals surface area contributed by atoms with Gasteiger partial charge < -0.3 is 0 Å². The average molecular weight is 236 g/mol. The van der Waals surface area contributed by atoms with Gasteiger partial charge in [0.25, 0.3) is 0 Å². The number of thiazole rings is 1. The largest absolute Gasteiger partial charge is 0.225 e. The lowest BCUT2D eigenvalue weighted by atomic mass is 10.0. The van der Waals surface area contributed by atoms with Crippen LogP contribution in [0.2, 0.25) is 4.47 Å².